The van der Waals surface area contributed by atoms with Crippen LogP contribution in [0.3, 0.4) is 0 Å². The van der Waals surface area contributed by atoms with Gasteiger partial charge in [0.1, 0.15) is 0 Å². The highest BCUT2D eigenvalue weighted by Gasteiger charge is 2.31. The zero-order valence-electron chi connectivity index (χ0n) is 9.45. The lowest BCUT2D eigenvalue weighted by Gasteiger charge is -2.31. The Morgan fingerprint density at radius 1 is 1.36 bits per heavy atom. The highest BCUT2D eigenvalue weighted by Crippen LogP contribution is 2.31. The van der Waals surface area contributed by atoms with Crippen molar-refractivity contribution in [2.75, 3.05) is 27.7 Å². The smallest absolute Gasteiger partial charge is 0.308 e. The van der Waals surface area contributed by atoms with Crippen LogP contribution in [0.4, 0.5) is 0 Å². The fourth-order valence-corrected chi connectivity index (χ4v) is 2.36. The van der Waals surface area contributed by atoms with Gasteiger partial charge in [0, 0.05) is 6.54 Å². The van der Waals surface area contributed by atoms with Gasteiger partial charge in [0.2, 0.25) is 0 Å². The summed E-state index contributed by atoms with van der Waals surface area (Å²) in [7, 11) is 5.61. The maximum Gasteiger partial charge on any atom is 0.308 e. The Bertz CT molecular complexity index is 192. The lowest BCUT2D eigenvalue weighted by molar-refractivity contribution is -0.148. The first-order chi connectivity index (χ1) is 6.65. The van der Waals surface area contributed by atoms with Crippen molar-refractivity contribution >= 4 is 5.97 Å². The topological polar surface area (TPSA) is 29.5 Å². The molecule has 0 aromatic carbocycles. The van der Waals surface area contributed by atoms with Gasteiger partial charge in [0.25, 0.3) is 0 Å². The molecule has 0 amide bonds. The third kappa shape index (κ3) is 2.98. The van der Waals surface area contributed by atoms with Crippen LogP contribution in [0.1, 0.15) is 25.7 Å². The van der Waals surface area contributed by atoms with E-state index in [-0.39, 0.29) is 11.9 Å². The minimum Gasteiger partial charge on any atom is -0.469 e. The Morgan fingerprint density at radius 2 is 2.00 bits per heavy atom. The molecule has 0 bridgehead atoms. The SMILES string of the molecule is COC(=O)[C@H]1CCCCC1CN(C)C. The third-order valence-corrected chi connectivity index (χ3v) is 3.01. The van der Waals surface area contributed by atoms with Crippen LogP contribution in [-0.2, 0) is 9.53 Å². The minimum atomic E-state index is -0.0171. The van der Waals surface area contributed by atoms with E-state index in [1.165, 1.54) is 20.0 Å². The van der Waals surface area contributed by atoms with Crippen molar-refractivity contribution in [1.82, 2.24) is 4.90 Å². The van der Waals surface area contributed by atoms with Crippen molar-refractivity contribution in [3.63, 3.8) is 0 Å². The predicted molar refractivity (Wildman–Crippen MR) is 56.0 cm³/mol. The van der Waals surface area contributed by atoms with Crippen molar-refractivity contribution in [1.29, 1.82) is 0 Å². The average Bonchev–Trinajstić information content (AvgIpc) is 2.16. The number of rotatable bonds is 3. The fourth-order valence-electron chi connectivity index (χ4n) is 2.36. The molecule has 1 aliphatic carbocycles. The van der Waals surface area contributed by atoms with E-state index in [0.717, 1.165) is 19.4 Å². The summed E-state index contributed by atoms with van der Waals surface area (Å²) in [5, 5.41) is 0. The normalized spacial score (nSPS) is 27.7. The number of hydrogen-bond donors (Lipinski definition) is 0. The second-order valence-corrected chi connectivity index (χ2v) is 4.44. The molecule has 0 aromatic rings. The number of methoxy groups -OCH3 is 1. The maximum atomic E-state index is 11.5. The molecule has 0 radical (unpaired) electrons. The van der Waals surface area contributed by atoms with E-state index in [2.05, 4.69) is 19.0 Å². The second-order valence-electron chi connectivity index (χ2n) is 4.44. The van der Waals surface area contributed by atoms with E-state index < -0.39 is 0 Å². The molecule has 3 nitrogen and oxygen atoms in total. The van der Waals surface area contributed by atoms with Gasteiger partial charge in [0.15, 0.2) is 0 Å². The second kappa shape index (κ2) is 5.35. The van der Waals surface area contributed by atoms with E-state index in [4.69, 9.17) is 4.74 Å². The third-order valence-electron chi connectivity index (χ3n) is 3.01. The van der Waals surface area contributed by atoms with Crippen molar-refractivity contribution in [3.05, 3.63) is 0 Å². The van der Waals surface area contributed by atoms with Gasteiger partial charge in [-0.3, -0.25) is 4.79 Å². The zero-order chi connectivity index (χ0) is 10.6. The number of carbonyl (C=O) groups is 1. The van der Waals surface area contributed by atoms with Crippen LogP contribution in [0, 0.1) is 11.8 Å². The number of hydrogen-bond acceptors (Lipinski definition) is 3. The summed E-state index contributed by atoms with van der Waals surface area (Å²) >= 11 is 0. The molecule has 1 fully saturated rings. The van der Waals surface area contributed by atoms with E-state index in [1.54, 1.807) is 0 Å². The Morgan fingerprint density at radius 3 is 2.57 bits per heavy atom. The molecule has 1 unspecified atom stereocenters. The predicted octanol–water partition coefficient (Wildman–Crippen LogP) is 1.53. The summed E-state index contributed by atoms with van der Waals surface area (Å²) in [6, 6.07) is 0. The number of nitrogens with zero attached hydrogens (tertiary/aromatic N) is 1. The summed E-state index contributed by atoms with van der Waals surface area (Å²) in [6.07, 6.45) is 4.60. The number of ether oxygens (including phenoxy) is 1. The van der Waals surface area contributed by atoms with Gasteiger partial charge in [-0.2, -0.15) is 0 Å². The van der Waals surface area contributed by atoms with E-state index >= 15 is 0 Å². The van der Waals surface area contributed by atoms with Crippen LogP contribution >= 0.6 is 0 Å². The average molecular weight is 199 g/mol. The molecule has 1 aliphatic rings. The lowest BCUT2D eigenvalue weighted by Crippen LogP contribution is -2.34. The largest absolute Gasteiger partial charge is 0.469 e. The Kier molecular flexibility index (Phi) is 4.39. The molecule has 1 rings (SSSR count). The summed E-state index contributed by atoms with van der Waals surface area (Å²) in [6.45, 7) is 1.000. The minimum absolute atomic E-state index is 0.0171. The van der Waals surface area contributed by atoms with Gasteiger partial charge in [-0.05, 0) is 32.9 Å². The first-order valence-corrected chi connectivity index (χ1v) is 5.37. The molecule has 0 N–H and O–H groups in total. The zero-order valence-corrected chi connectivity index (χ0v) is 9.45. The van der Waals surface area contributed by atoms with Crippen molar-refractivity contribution in [2.24, 2.45) is 11.8 Å². The monoisotopic (exact) mass is 199 g/mol. The Balaban J connectivity index is 2.54. The van der Waals surface area contributed by atoms with Crippen LogP contribution in [0.15, 0.2) is 0 Å². The number of esters is 1. The Labute approximate surface area is 86.4 Å². The quantitative estimate of drug-likeness (QED) is 0.646. The Hall–Kier alpha value is -0.570. The standard InChI is InChI=1S/C11H21NO2/c1-12(2)8-9-6-4-5-7-10(9)11(13)14-3/h9-10H,4-8H2,1-3H3/t9?,10-/m0/s1. The molecular formula is C11H21NO2. The van der Waals surface area contributed by atoms with Gasteiger partial charge in [-0.1, -0.05) is 12.8 Å². The lowest BCUT2D eigenvalue weighted by atomic mass is 9.79. The van der Waals surface area contributed by atoms with Crippen molar-refractivity contribution < 1.29 is 9.53 Å². The van der Waals surface area contributed by atoms with Crippen LogP contribution in [0.5, 0.6) is 0 Å². The molecule has 3 heteroatoms. The highest BCUT2D eigenvalue weighted by atomic mass is 16.5. The van der Waals surface area contributed by atoms with Crippen LogP contribution < -0.4 is 0 Å². The summed E-state index contributed by atoms with van der Waals surface area (Å²) in [5.74, 6) is 0.610. The fraction of sp³-hybridized carbons (Fsp3) is 0.909. The van der Waals surface area contributed by atoms with Gasteiger partial charge >= 0.3 is 5.97 Å². The molecule has 0 spiro atoms. The summed E-state index contributed by atoms with van der Waals surface area (Å²) < 4.78 is 4.84. The van der Waals surface area contributed by atoms with Crippen molar-refractivity contribution in [2.45, 2.75) is 25.7 Å². The van der Waals surface area contributed by atoms with Crippen molar-refractivity contribution in [3.8, 4) is 0 Å². The molecular weight excluding hydrogens is 178 g/mol. The van der Waals surface area contributed by atoms with Gasteiger partial charge in [-0.15, -0.1) is 0 Å². The molecule has 82 valence electrons. The van der Waals surface area contributed by atoms with E-state index in [1.807, 2.05) is 0 Å². The van der Waals surface area contributed by atoms with Gasteiger partial charge in [-0.25, -0.2) is 0 Å². The van der Waals surface area contributed by atoms with Crippen LogP contribution in [-0.4, -0.2) is 38.6 Å². The van der Waals surface area contributed by atoms with Gasteiger partial charge in [0.05, 0.1) is 13.0 Å². The van der Waals surface area contributed by atoms with E-state index in [9.17, 15) is 4.79 Å². The van der Waals surface area contributed by atoms with Crippen LogP contribution in [0.2, 0.25) is 0 Å². The van der Waals surface area contributed by atoms with Gasteiger partial charge < -0.3 is 9.64 Å². The molecule has 0 aromatic heterocycles. The summed E-state index contributed by atoms with van der Waals surface area (Å²) in [4.78, 5) is 13.7. The first kappa shape index (κ1) is 11.5. The molecule has 1 saturated carbocycles. The molecule has 2 atom stereocenters. The number of carbonyl (C=O) groups excluding carboxylic acids is 1. The summed E-state index contributed by atoms with van der Waals surface area (Å²) in [5.41, 5.74) is 0. The van der Waals surface area contributed by atoms with E-state index in [0.29, 0.717) is 5.92 Å². The molecule has 0 aliphatic heterocycles. The maximum absolute atomic E-state index is 11.5. The first-order valence-electron chi connectivity index (χ1n) is 5.37. The molecule has 14 heavy (non-hydrogen) atoms. The van der Waals surface area contributed by atoms with Crippen LogP contribution in [0.25, 0.3) is 0 Å². The molecule has 0 heterocycles. The molecule has 0 saturated heterocycles. The highest BCUT2D eigenvalue weighted by molar-refractivity contribution is 5.72.